The first-order valence-corrected chi connectivity index (χ1v) is 7.12. The van der Waals surface area contributed by atoms with E-state index in [0.29, 0.717) is 24.7 Å². The second-order valence-corrected chi connectivity index (χ2v) is 6.02. The van der Waals surface area contributed by atoms with Crippen LogP contribution in [-0.4, -0.2) is 38.9 Å². The molecule has 0 unspecified atom stereocenters. The third-order valence-electron chi connectivity index (χ3n) is 2.50. The average Bonchev–Trinajstić information content (AvgIpc) is 2.73. The highest BCUT2D eigenvalue weighted by molar-refractivity contribution is 9.11. The van der Waals surface area contributed by atoms with Gasteiger partial charge in [0.25, 0.3) is 0 Å². The molecule has 0 spiro atoms. The van der Waals surface area contributed by atoms with Gasteiger partial charge >= 0.3 is 5.97 Å². The van der Waals surface area contributed by atoms with Gasteiger partial charge in [-0.3, -0.25) is 0 Å². The third kappa shape index (κ3) is 3.00. The van der Waals surface area contributed by atoms with Crippen molar-refractivity contribution in [1.82, 2.24) is 0 Å². The quantitative estimate of drug-likeness (QED) is 0.802. The number of hydrogen-bond donors (Lipinski definition) is 0. The third-order valence-corrected chi connectivity index (χ3v) is 4.10. The van der Waals surface area contributed by atoms with Gasteiger partial charge in [-0.15, -0.1) is 11.3 Å². The van der Waals surface area contributed by atoms with Crippen LogP contribution >= 0.6 is 27.3 Å². The summed E-state index contributed by atoms with van der Waals surface area (Å²) in [4.78, 5) is 14.7. The molecule has 0 radical (unpaired) electrons. The highest BCUT2D eigenvalue weighted by atomic mass is 79.9. The molecule has 17 heavy (non-hydrogen) atoms. The maximum Gasteiger partial charge on any atom is 0.350 e. The first kappa shape index (κ1) is 12.9. The van der Waals surface area contributed by atoms with Gasteiger partial charge in [0.1, 0.15) is 4.88 Å². The number of rotatable bonds is 3. The van der Waals surface area contributed by atoms with Crippen molar-refractivity contribution in [1.29, 1.82) is 0 Å². The van der Waals surface area contributed by atoms with Crippen molar-refractivity contribution in [2.75, 3.05) is 37.8 Å². The lowest BCUT2D eigenvalue weighted by atomic mass is 10.3. The molecule has 1 aliphatic rings. The average molecular weight is 320 g/mol. The number of halogens is 1. The molecule has 0 N–H and O–H groups in total. The summed E-state index contributed by atoms with van der Waals surface area (Å²) in [5, 5.41) is 0. The summed E-state index contributed by atoms with van der Waals surface area (Å²) in [6.45, 7) is 5.25. The van der Waals surface area contributed by atoms with Crippen LogP contribution in [0.15, 0.2) is 9.85 Å². The minimum absolute atomic E-state index is 0.246. The van der Waals surface area contributed by atoms with Crippen LogP contribution in [0.5, 0.6) is 0 Å². The van der Waals surface area contributed by atoms with E-state index in [1.165, 1.54) is 11.3 Å². The van der Waals surface area contributed by atoms with E-state index in [1.54, 1.807) is 0 Å². The van der Waals surface area contributed by atoms with Gasteiger partial charge in [-0.2, -0.15) is 0 Å². The van der Waals surface area contributed by atoms with Gasteiger partial charge in [0.2, 0.25) is 0 Å². The molecule has 0 amide bonds. The maximum absolute atomic E-state index is 11.8. The Morgan fingerprint density at radius 2 is 2.29 bits per heavy atom. The molecule has 1 aliphatic heterocycles. The van der Waals surface area contributed by atoms with Gasteiger partial charge < -0.3 is 14.4 Å². The van der Waals surface area contributed by atoms with Crippen molar-refractivity contribution >= 4 is 38.9 Å². The summed E-state index contributed by atoms with van der Waals surface area (Å²) < 4.78 is 11.3. The minimum Gasteiger partial charge on any atom is -0.462 e. The van der Waals surface area contributed by atoms with Crippen molar-refractivity contribution in [3.05, 3.63) is 14.7 Å². The molecule has 0 saturated carbocycles. The summed E-state index contributed by atoms with van der Waals surface area (Å²) in [6.07, 6.45) is 0. The number of ether oxygens (including phenoxy) is 2. The largest absolute Gasteiger partial charge is 0.462 e. The van der Waals surface area contributed by atoms with E-state index < -0.39 is 0 Å². The van der Waals surface area contributed by atoms with Crippen LogP contribution in [-0.2, 0) is 9.47 Å². The van der Waals surface area contributed by atoms with Crippen molar-refractivity contribution in [2.45, 2.75) is 6.92 Å². The number of carbonyl (C=O) groups excluding carboxylic acids is 1. The molecular weight excluding hydrogens is 306 g/mol. The van der Waals surface area contributed by atoms with Crippen LogP contribution in [0, 0.1) is 0 Å². The number of hydrogen-bond acceptors (Lipinski definition) is 5. The first-order chi connectivity index (χ1) is 8.22. The molecule has 1 saturated heterocycles. The fourth-order valence-corrected chi connectivity index (χ4v) is 3.24. The van der Waals surface area contributed by atoms with E-state index in [2.05, 4.69) is 20.8 Å². The predicted octanol–water partition coefficient (Wildman–Crippen LogP) is 2.52. The Labute approximate surface area is 113 Å². The predicted molar refractivity (Wildman–Crippen MR) is 71.0 cm³/mol. The second-order valence-electron chi connectivity index (χ2n) is 3.58. The summed E-state index contributed by atoms with van der Waals surface area (Å²) in [5.74, 6) is -0.246. The monoisotopic (exact) mass is 319 g/mol. The number of carbonyl (C=O) groups is 1. The smallest absolute Gasteiger partial charge is 0.350 e. The molecule has 0 aliphatic carbocycles. The maximum atomic E-state index is 11.8. The normalized spacial score (nSPS) is 16.0. The van der Waals surface area contributed by atoms with Crippen LogP contribution < -0.4 is 4.90 Å². The molecular formula is C11H14BrNO3S. The van der Waals surface area contributed by atoms with E-state index in [9.17, 15) is 4.79 Å². The van der Waals surface area contributed by atoms with Gasteiger partial charge in [-0.05, 0) is 28.9 Å². The number of anilines is 1. The van der Waals surface area contributed by atoms with E-state index in [0.717, 1.165) is 22.6 Å². The SMILES string of the molecule is CCOC(=O)c1sc(Br)cc1N1CCOCC1. The lowest BCUT2D eigenvalue weighted by molar-refractivity contribution is 0.0532. The summed E-state index contributed by atoms with van der Waals surface area (Å²) in [6, 6.07) is 1.97. The molecule has 1 aromatic heterocycles. The van der Waals surface area contributed by atoms with E-state index in [1.807, 2.05) is 13.0 Å². The Morgan fingerprint density at radius 1 is 1.59 bits per heavy atom. The van der Waals surface area contributed by atoms with E-state index in [4.69, 9.17) is 9.47 Å². The zero-order chi connectivity index (χ0) is 12.3. The lowest BCUT2D eigenvalue weighted by Crippen LogP contribution is -2.36. The molecule has 1 fully saturated rings. The molecule has 4 nitrogen and oxygen atoms in total. The van der Waals surface area contributed by atoms with Gasteiger partial charge in [-0.1, -0.05) is 0 Å². The number of nitrogens with zero attached hydrogens (tertiary/aromatic N) is 1. The zero-order valence-electron chi connectivity index (χ0n) is 9.57. The van der Waals surface area contributed by atoms with Gasteiger partial charge in [0.15, 0.2) is 0 Å². The standard InChI is InChI=1S/C11H14BrNO3S/c1-2-16-11(14)10-8(7-9(12)17-10)13-3-5-15-6-4-13/h7H,2-6H2,1H3. The number of morpholine rings is 1. The van der Waals surface area contributed by atoms with Gasteiger partial charge in [0.05, 0.1) is 29.3 Å². The molecule has 2 rings (SSSR count). The van der Waals surface area contributed by atoms with E-state index >= 15 is 0 Å². The zero-order valence-corrected chi connectivity index (χ0v) is 12.0. The fraction of sp³-hybridized carbons (Fsp3) is 0.545. The first-order valence-electron chi connectivity index (χ1n) is 5.51. The number of esters is 1. The minimum atomic E-state index is -0.246. The van der Waals surface area contributed by atoms with Crippen molar-refractivity contribution in [2.24, 2.45) is 0 Å². The molecule has 94 valence electrons. The van der Waals surface area contributed by atoms with Crippen LogP contribution in [0.1, 0.15) is 16.6 Å². The summed E-state index contributed by atoms with van der Waals surface area (Å²) >= 11 is 4.84. The Hall–Kier alpha value is -0.590. The van der Waals surface area contributed by atoms with Crippen LogP contribution in [0.3, 0.4) is 0 Å². The molecule has 0 bridgehead atoms. The number of thiophene rings is 1. The summed E-state index contributed by atoms with van der Waals surface area (Å²) in [5.41, 5.74) is 0.948. The highest BCUT2D eigenvalue weighted by Gasteiger charge is 2.22. The Kier molecular flexibility index (Phi) is 4.42. The Balaban J connectivity index is 2.22. The molecule has 0 atom stereocenters. The Morgan fingerprint density at radius 3 is 2.94 bits per heavy atom. The van der Waals surface area contributed by atoms with Crippen LogP contribution in [0.2, 0.25) is 0 Å². The highest BCUT2D eigenvalue weighted by Crippen LogP contribution is 2.34. The van der Waals surface area contributed by atoms with Crippen molar-refractivity contribution < 1.29 is 14.3 Å². The molecule has 2 heterocycles. The van der Waals surface area contributed by atoms with Gasteiger partial charge in [0, 0.05) is 13.1 Å². The van der Waals surface area contributed by atoms with Crippen molar-refractivity contribution in [3.8, 4) is 0 Å². The lowest BCUT2D eigenvalue weighted by Gasteiger charge is -2.28. The topological polar surface area (TPSA) is 38.8 Å². The van der Waals surface area contributed by atoms with Crippen LogP contribution in [0.4, 0.5) is 5.69 Å². The Bertz CT molecular complexity index is 401. The van der Waals surface area contributed by atoms with Crippen LogP contribution in [0.25, 0.3) is 0 Å². The molecule has 0 aromatic carbocycles. The van der Waals surface area contributed by atoms with E-state index in [-0.39, 0.29) is 5.97 Å². The molecule has 6 heteroatoms. The summed E-state index contributed by atoms with van der Waals surface area (Å²) in [7, 11) is 0. The van der Waals surface area contributed by atoms with Gasteiger partial charge in [-0.25, -0.2) is 4.79 Å². The second kappa shape index (κ2) is 5.84. The van der Waals surface area contributed by atoms with Crippen molar-refractivity contribution in [3.63, 3.8) is 0 Å². The molecule has 1 aromatic rings. The fourth-order valence-electron chi connectivity index (χ4n) is 1.73.